The van der Waals surface area contributed by atoms with E-state index in [1.807, 2.05) is 0 Å². The van der Waals surface area contributed by atoms with Crippen LogP contribution < -0.4 is 10.6 Å². The molecule has 0 spiro atoms. The van der Waals surface area contributed by atoms with E-state index in [9.17, 15) is 0 Å². The molecule has 5 heteroatoms. The van der Waals surface area contributed by atoms with E-state index in [-0.39, 0.29) is 5.41 Å². The Balaban J connectivity index is 2.50. The van der Waals surface area contributed by atoms with E-state index in [4.69, 9.17) is 0 Å². The maximum absolute atomic E-state index is 4.18. The summed E-state index contributed by atoms with van der Waals surface area (Å²) >= 11 is 5.10. The highest BCUT2D eigenvalue weighted by Crippen LogP contribution is 2.26. The maximum Gasteiger partial charge on any atom is 0.191 e. The summed E-state index contributed by atoms with van der Waals surface area (Å²) in [6, 6.07) is 4.26. The number of thiophene rings is 1. The molecule has 0 unspecified atom stereocenters. The molecule has 18 heavy (non-hydrogen) atoms. The van der Waals surface area contributed by atoms with E-state index in [1.165, 1.54) is 4.88 Å². The molecule has 0 amide bonds. The molecule has 0 fully saturated rings. The van der Waals surface area contributed by atoms with Gasteiger partial charge in [-0.15, -0.1) is 11.3 Å². The summed E-state index contributed by atoms with van der Waals surface area (Å²) in [7, 11) is 1.77. The van der Waals surface area contributed by atoms with Gasteiger partial charge in [0.25, 0.3) is 0 Å². The molecular formula is C13H20BrN3S. The number of hydrogen-bond donors (Lipinski definition) is 2. The SMILES string of the molecule is C=C(Br)CNC(=NC)NCC(C)(C)c1cccs1. The summed E-state index contributed by atoms with van der Waals surface area (Å²) in [5, 5.41) is 8.63. The zero-order chi connectivity index (χ0) is 13.6. The fourth-order valence-corrected chi connectivity index (χ4v) is 2.45. The Morgan fingerprint density at radius 1 is 1.50 bits per heavy atom. The van der Waals surface area contributed by atoms with Crippen molar-refractivity contribution in [3.05, 3.63) is 33.5 Å². The molecule has 0 aliphatic rings. The summed E-state index contributed by atoms with van der Waals surface area (Å²) in [6.45, 7) is 9.73. The second-order valence-corrected chi connectivity index (χ2v) is 6.73. The Hall–Kier alpha value is -0.810. The first-order valence-electron chi connectivity index (χ1n) is 5.77. The first kappa shape index (κ1) is 15.2. The van der Waals surface area contributed by atoms with E-state index in [1.54, 1.807) is 18.4 Å². The minimum atomic E-state index is 0.0944. The van der Waals surface area contributed by atoms with Crippen LogP contribution in [-0.2, 0) is 5.41 Å². The Morgan fingerprint density at radius 2 is 2.22 bits per heavy atom. The first-order chi connectivity index (χ1) is 8.45. The predicted molar refractivity (Wildman–Crippen MR) is 84.8 cm³/mol. The lowest BCUT2D eigenvalue weighted by atomic mass is 9.91. The van der Waals surface area contributed by atoms with Crippen molar-refractivity contribution in [2.75, 3.05) is 20.1 Å². The highest BCUT2D eigenvalue weighted by Gasteiger charge is 2.21. The van der Waals surface area contributed by atoms with Crippen molar-refractivity contribution >= 4 is 33.2 Å². The third kappa shape index (κ3) is 4.82. The summed E-state index contributed by atoms with van der Waals surface area (Å²) < 4.78 is 0.906. The van der Waals surface area contributed by atoms with Crippen LogP contribution in [0.15, 0.2) is 33.6 Å². The van der Waals surface area contributed by atoms with Crippen molar-refractivity contribution in [2.45, 2.75) is 19.3 Å². The summed E-state index contributed by atoms with van der Waals surface area (Å²) in [5.74, 6) is 0.792. The average molecular weight is 330 g/mol. The lowest BCUT2D eigenvalue weighted by molar-refractivity contribution is 0.519. The molecule has 0 aromatic carbocycles. The number of nitrogens with zero attached hydrogens (tertiary/aromatic N) is 1. The molecule has 1 aromatic rings. The van der Waals surface area contributed by atoms with Gasteiger partial charge in [-0.3, -0.25) is 4.99 Å². The minimum absolute atomic E-state index is 0.0944. The molecule has 0 radical (unpaired) electrons. The van der Waals surface area contributed by atoms with Crippen molar-refractivity contribution in [2.24, 2.45) is 4.99 Å². The van der Waals surface area contributed by atoms with E-state index >= 15 is 0 Å². The van der Waals surface area contributed by atoms with Gasteiger partial charge < -0.3 is 10.6 Å². The number of halogens is 1. The second kappa shape index (κ2) is 6.95. The van der Waals surface area contributed by atoms with Crippen LogP contribution in [-0.4, -0.2) is 26.1 Å². The van der Waals surface area contributed by atoms with E-state index in [0.717, 1.165) is 17.0 Å². The van der Waals surface area contributed by atoms with Crippen LogP contribution in [0.2, 0.25) is 0 Å². The standard InChI is InChI=1S/C13H20BrN3S/c1-10(14)8-16-12(15-4)17-9-13(2,3)11-6-5-7-18-11/h5-7H,1,8-9H2,2-4H3,(H2,15,16,17). The average Bonchev–Trinajstić information content (AvgIpc) is 2.83. The predicted octanol–water partition coefficient (Wildman–Crippen LogP) is 3.10. The van der Waals surface area contributed by atoms with Crippen LogP contribution >= 0.6 is 27.3 Å². The van der Waals surface area contributed by atoms with Crippen molar-refractivity contribution in [3.63, 3.8) is 0 Å². The van der Waals surface area contributed by atoms with Gasteiger partial charge in [-0.25, -0.2) is 0 Å². The third-order valence-electron chi connectivity index (χ3n) is 2.56. The van der Waals surface area contributed by atoms with E-state index in [2.05, 4.69) is 69.5 Å². The Labute approximate surface area is 122 Å². The minimum Gasteiger partial charge on any atom is -0.356 e. The molecule has 1 heterocycles. The third-order valence-corrected chi connectivity index (χ3v) is 4.07. The van der Waals surface area contributed by atoms with Crippen molar-refractivity contribution in [3.8, 4) is 0 Å². The van der Waals surface area contributed by atoms with Gasteiger partial charge >= 0.3 is 0 Å². The molecule has 0 aliphatic heterocycles. The van der Waals surface area contributed by atoms with Crippen LogP contribution in [0.5, 0.6) is 0 Å². The Bertz CT molecular complexity index is 410. The number of aliphatic imine (C=N–C) groups is 1. The van der Waals surface area contributed by atoms with Crippen molar-refractivity contribution in [1.29, 1.82) is 0 Å². The van der Waals surface area contributed by atoms with Gasteiger partial charge in [-0.1, -0.05) is 42.4 Å². The molecule has 0 saturated heterocycles. The molecular weight excluding hydrogens is 310 g/mol. The van der Waals surface area contributed by atoms with Crippen LogP contribution in [0.4, 0.5) is 0 Å². The molecule has 1 aromatic heterocycles. The summed E-state index contributed by atoms with van der Waals surface area (Å²) in [6.07, 6.45) is 0. The van der Waals surface area contributed by atoms with E-state index < -0.39 is 0 Å². The number of nitrogens with one attached hydrogen (secondary N) is 2. The summed E-state index contributed by atoms with van der Waals surface area (Å²) in [4.78, 5) is 5.55. The molecule has 0 aliphatic carbocycles. The van der Waals surface area contributed by atoms with Gasteiger partial charge in [0.05, 0.1) is 0 Å². The van der Waals surface area contributed by atoms with Gasteiger partial charge in [-0.2, -0.15) is 0 Å². The fourth-order valence-electron chi connectivity index (χ4n) is 1.46. The quantitative estimate of drug-likeness (QED) is 0.643. The molecule has 1 rings (SSSR count). The Kier molecular flexibility index (Phi) is 5.88. The maximum atomic E-state index is 4.18. The highest BCUT2D eigenvalue weighted by atomic mass is 79.9. The van der Waals surface area contributed by atoms with Crippen molar-refractivity contribution in [1.82, 2.24) is 10.6 Å². The van der Waals surface area contributed by atoms with Crippen molar-refractivity contribution < 1.29 is 0 Å². The molecule has 0 saturated carbocycles. The number of hydrogen-bond acceptors (Lipinski definition) is 2. The zero-order valence-electron chi connectivity index (χ0n) is 11.1. The van der Waals surface area contributed by atoms with Crippen LogP contribution in [0.1, 0.15) is 18.7 Å². The fraction of sp³-hybridized carbons (Fsp3) is 0.462. The topological polar surface area (TPSA) is 36.4 Å². The monoisotopic (exact) mass is 329 g/mol. The smallest absolute Gasteiger partial charge is 0.191 e. The van der Waals surface area contributed by atoms with Gasteiger partial charge in [0.2, 0.25) is 0 Å². The second-order valence-electron chi connectivity index (χ2n) is 4.66. The van der Waals surface area contributed by atoms with Crippen LogP contribution in [0, 0.1) is 0 Å². The Morgan fingerprint density at radius 3 is 2.72 bits per heavy atom. The van der Waals surface area contributed by atoms with Gasteiger partial charge in [-0.05, 0) is 11.4 Å². The lowest BCUT2D eigenvalue weighted by Gasteiger charge is -2.25. The van der Waals surface area contributed by atoms with Gasteiger partial charge in [0.15, 0.2) is 5.96 Å². The summed E-state index contributed by atoms with van der Waals surface area (Å²) in [5.41, 5.74) is 0.0944. The molecule has 0 atom stereocenters. The molecule has 100 valence electrons. The highest BCUT2D eigenvalue weighted by molar-refractivity contribution is 9.11. The largest absolute Gasteiger partial charge is 0.356 e. The lowest BCUT2D eigenvalue weighted by Crippen LogP contribution is -2.43. The van der Waals surface area contributed by atoms with Crippen LogP contribution in [0.25, 0.3) is 0 Å². The van der Waals surface area contributed by atoms with Gasteiger partial charge in [0.1, 0.15) is 0 Å². The number of rotatable bonds is 5. The molecule has 3 nitrogen and oxygen atoms in total. The molecule has 0 bridgehead atoms. The zero-order valence-corrected chi connectivity index (χ0v) is 13.5. The normalized spacial score (nSPS) is 12.3. The van der Waals surface area contributed by atoms with Gasteiger partial charge in [0, 0.05) is 34.9 Å². The van der Waals surface area contributed by atoms with E-state index in [0.29, 0.717) is 6.54 Å². The van der Waals surface area contributed by atoms with Crippen LogP contribution in [0.3, 0.4) is 0 Å². The number of guanidine groups is 1. The molecule has 2 N–H and O–H groups in total. The first-order valence-corrected chi connectivity index (χ1v) is 7.45.